The van der Waals surface area contributed by atoms with Crippen molar-refractivity contribution in [1.82, 2.24) is 0 Å². The van der Waals surface area contributed by atoms with Crippen molar-refractivity contribution in [3.05, 3.63) is 65.7 Å². The number of rotatable bonds is 6. The first-order valence-electron chi connectivity index (χ1n) is 7.56. The molecule has 2 heteroatoms. The Hall–Kier alpha value is -1.28. The van der Waals surface area contributed by atoms with Crippen LogP contribution in [-0.4, -0.2) is 12.4 Å². The molecule has 0 radical (unpaired) electrons. The van der Waals surface area contributed by atoms with Crippen molar-refractivity contribution >= 4 is 15.9 Å². The third-order valence-electron chi connectivity index (χ3n) is 4.55. The Morgan fingerprint density at radius 3 is 2.52 bits per heavy atom. The van der Waals surface area contributed by atoms with Gasteiger partial charge in [0.2, 0.25) is 0 Å². The van der Waals surface area contributed by atoms with Gasteiger partial charge in [-0.15, -0.1) is 0 Å². The number of benzene rings is 2. The van der Waals surface area contributed by atoms with Crippen LogP contribution in [0.1, 0.15) is 23.5 Å². The number of hydrogen-bond donors (Lipinski definition) is 0. The van der Waals surface area contributed by atoms with Crippen molar-refractivity contribution in [3.63, 3.8) is 0 Å². The molecule has 3 atom stereocenters. The van der Waals surface area contributed by atoms with E-state index in [9.17, 15) is 0 Å². The van der Waals surface area contributed by atoms with Gasteiger partial charge < -0.3 is 4.74 Å². The third-order valence-corrected chi connectivity index (χ3v) is 5.38. The predicted molar refractivity (Wildman–Crippen MR) is 91.3 cm³/mol. The summed E-state index contributed by atoms with van der Waals surface area (Å²) in [7, 11) is 1.76. The van der Waals surface area contributed by atoms with Gasteiger partial charge in [-0.1, -0.05) is 64.5 Å². The maximum Gasteiger partial charge on any atom is 0.122 e. The number of alkyl halides is 1. The molecular weight excluding hydrogens is 324 g/mol. The van der Waals surface area contributed by atoms with Gasteiger partial charge in [-0.2, -0.15) is 0 Å². The van der Waals surface area contributed by atoms with Gasteiger partial charge >= 0.3 is 0 Å². The van der Waals surface area contributed by atoms with Crippen molar-refractivity contribution in [2.45, 2.75) is 18.8 Å². The van der Waals surface area contributed by atoms with Crippen LogP contribution in [0.4, 0.5) is 0 Å². The lowest BCUT2D eigenvalue weighted by Gasteiger charge is -2.16. The summed E-state index contributed by atoms with van der Waals surface area (Å²) in [5.74, 6) is 3.21. The van der Waals surface area contributed by atoms with Gasteiger partial charge in [-0.3, -0.25) is 0 Å². The van der Waals surface area contributed by atoms with E-state index in [0.717, 1.165) is 29.3 Å². The molecule has 0 heterocycles. The van der Waals surface area contributed by atoms with Crippen molar-refractivity contribution < 1.29 is 4.74 Å². The van der Waals surface area contributed by atoms with Gasteiger partial charge in [0.25, 0.3) is 0 Å². The van der Waals surface area contributed by atoms with E-state index in [2.05, 4.69) is 64.5 Å². The molecule has 1 nitrogen and oxygen atoms in total. The Morgan fingerprint density at radius 2 is 1.81 bits per heavy atom. The fourth-order valence-corrected chi connectivity index (χ4v) is 4.00. The largest absolute Gasteiger partial charge is 0.496 e. The van der Waals surface area contributed by atoms with Crippen LogP contribution >= 0.6 is 15.9 Å². The fourth-order valence-electron chi connectivity index (χ4n) is 3.29. The molecule has 1 aliphatic rings. The molecule has 0 N–H and O–H groups in total. The average Bonchev–Trinajstić information content (AvgIpc) is 3.34. The van der Waals surface area contributed by atoms with Gasteiger partial charge in [-0.25, -0.2) is 0 Å². The second-order valence-corrected chi connectivity index (χ2v) is 6.49. The normalized spacial score (nSPS) is 21.8. The zero-order valence-electron chi connectivity index (χ0n) is 12.3. The zero-order valence-corrected chi connectivity index (χ0v) is 13.9. The maximum atomic E-state index is 5.49. The number of hydrogen-bond acceptors (Lipinski definition) is 1. The van der Waals surface area contributed by atoms with Crippen molar-refractivity contribution in [3.8, 4) is 5.75 Å². The Labute approximate surface area is 135 Å². The molecule has 0 aromatic heterocycles. The predicted octanol–water partition coefficient (Wildman–Crippen LogP) is 5.05. The molecule has 3 rings (SSSR count). The summed E-state index contributed by atoms with van der Waals surface area (Å²) < 4.78 is 5.49. The van der Waals surface area contributed by atoms with Gasteiger partial charge in [0.1, 0.15) is 5.75 Å². The lowest BCUT2D eigenvalue weighted by molar-refractivity contribution is 0.402. The van der Waals surface area contributed by atoms with Crippen LogP contribution in [-0.2, 0) is 6.42 Å². The molecule has 3 unspecified atom stereocenters. The second-order valence-electron chi connectivity index (χ2n) is 5.85. The summed E-state index contributed by atoms with van der Waals surface area (Å²) >= 11 is 3.72. The van der Waals surface area contributed by atoms with Crippen LogP contribution < -0.4 is 4.74 Å². The third kappa shape index (κ3) is 3.32. The maximum absolute atomic E-state index is 5.49. The summed E-state index contributed by atoms with van der Waals surface area (Å²) in [6.07, 6.45) is 2.40. The highest BCUT2D eigenvalue weighted by molar-refractivity contribution is 9.09. The first-order chi connectivity index (χ1) is 10.3. The van der Waals surface area contributed by atoms with Crippen molar-refractivity contribution in [2.24, 2.45) is 11.8 Å². The topological polar surface area (TPSA) is 9.23 Å². The lowest BCUT2D eigenvalue weighted by Crippen LogP contribution is -2.10. The number of ether oxygens (including phenoxy) is 1. The number of halogens is 1. The van der Waals surface area contributed by atoms with Crippen LogP contribution in [0.25, 0.3) is 0 Å². The van der Waals surface area contributed by atoms with E-state index >= 15 is 0 Å². The Bertz CT molecular complexity index is 581. The first-order valence-corrected chi connectivity index (χ1v) is 8.68. The van der Waals surface area contributed by atoms with Gasteiger partial charge in [0, 0.05) is 5.33 Å². The summed E-state index contributed by atoms with van der Waals surface area (Å²) in [6.45, 7) is 0. The lowest BCUT2D eigenvalue weighted by atomic mass is 9.93. The van der Waals surface area contributed by atoms with E-state index in [1.54, 1.807) is 7.11 Å². The van der Waals surface area contributed by atoms with E-state index < -0.39 is 0 Å². The highest BCUT2D eigenvalue weighted by Gasteiger charge is 2.43. The summed E-state index contributed by atoms with van der Waals surface area (Å²) in [6, 6.07) is 19.3. The summed E-state index contributed by atoms with van der Waals surface area (Å²) in [4.78, 5) is 0. The molecule has 2 aromatic carbocycles. The van der Waals surface area contributed by atoms with Crippen molar-refractivity contribution in [1.29, 1.82) is 0 Å². The average molecular weight is 345 g/mol. The summed E-state index contributed by atoms with van der Waals surface area (Å²) in [5, 5.41) is 1.05. The molecule has 0 aliphatic heterocycles. The number of para-hydroxylation sites is 1. The standard InChI is InChI=1S/C19H21BrO/c1-21-19-10-6-5-9-15(19)11-16(13-20)18-12-17(18)14-7-3-2-4-8-14/h2-10,16-18H,11-13H2,1H3. The SMILES string of the molecule is COc1ccccc1CC(CBr)C1CC1c1ccccc1. The van der Waals surface area contributed by atoms with E-state index in [1.807, 2.05) is 6.07 Å². The van der Waals surface area contributed by atoms with E-state index in [4.69, 9.17) is 4.74 Å². The van der Waals surface area contributed by atoms with E-state index in [1.165, 1.54) is 17.5 Å². The van der Waals surface area contributed by atoms with E-state index in [-0.39, 0.29) is 0 Å². The van der Waals surface area contributed by atoms with Gasteiger partial charge in [-0.05, 0) is 47.8 Å². The molecule has 21 heavy (non-hydrogen) atoms. The highest BCUT2D eigenvalue weighted by Crippen LogP contribution is 2.53. The van der Waals surface area contributed by atoms with Crippen LogP contribution in [0.3, 0.4) is 0 Å². The van der Waals surface area contributed by atoms with Crippen LogP contribution in [0, 0.1) is 11.8 Å². The molecule has 0 bridgehead atoms. The van der Waals surface area contributed by atoms with E-state index in [0.29, 0.717) is 5.92 Å². The first kappa shape index (κ1) is 14.6. The van der Waals surface area contributed by atoms with Crippen LogP contribution in [0.2, 0.25) is 0 Å². The molecule has 1 saturated carbocycles. The van der Waals surface area contributed by atoms with Gasteiger partial charge in [0.15, 0.2) is 0 Å². The quantitative estimate of drug-likeness (QED) is 0.666. The van der Waals surface area contributed by atoms with Crippen LogP contribution in [0.15, 0.2) is 54.6 Å². The fraction of sp³-hybridized carbons (Fsp3) is 0.368. The molecular formula is C19H21BrO. The molecule has 0 saturated heterocycles. The zero-order chi connectivity index (χ0) is 14.7. The Kier molecular flexibility index (Phi) is 4.64. The molecule has 0 spiro atoms. The molecule has 1 fully saturated rings. The minimum atomic E-state index is 0.673. The Balaban J connectivity index is 1.70. The second kappa shape index (κ2) is 6.65. The monoisotopic (exact) mass is 344 g/mol. The molecule has 110 valence electrons. The Morgan fingerprint density at radius 1 is 1.10 bits per heavy atom. The highest BCUT2D eigenvalue weighted by atomic mass is 79.9. The molecule has 2 aromatic rings. The smallest absolute Gasteiger partial charge is 0.122 e. The van der Waals surface area contributed by atoms with Crippen LogP contribution in [0.5, 0.6) is 5.75 Å². The minimum Gasteiger partial charge on any atom is -0.496 e. The summed E-state index contributed by atoms with van der Waals surface area (Å²) in [5.41, 5.74) is 2.82. The minimum absolute atomic E-state index is 0.673. The molecule has 1 aliphatic carbocycles. The molecule has 0 amide bonds. The van der Waals surface area contributed by atoms with Crippen molar-refractivity contribution in [2.75, 3.05) is 12.4 Å². The number of methoxy groups -OCH3 is 1. The van der Waals surface area contributed by atoms with Gasteiger partial charge in [0.05, 0.1) is 7.11 Å².